The lowest BCUT2D eigenvalue weighted by Gasteiger charge is -2.31. The fourth-order valence-electron chi connectivity index (χ4n) is 3.38. The van der Waals surface area contributed by atoms with Crippen LogP contribution in [-0.2, 0) is 16.1 Å². The van der Waals surface area contributed by atoms with Crippen LogP contribution >= 0.6 is 23.4 Å². The average Bonchev–Trinajstić information content (AvgIpc) is 2.76. The van der Waals surface area contributed by atoms with E-state index in [1.54, 1.807) is 16.7 Å². The molecule has 2 aromatic carbocycles. The third kappa shape index (κ3) is 8.58. The maximum atomic E-state index is 13.2. The van der Waals surface area contributed by atoms with Crippen LogP contribution in [0.15, 0.2) is 53.4 Å². The third-order valence-electron chi connectivity index (χ3n) is 4.99. The van der Waals surface area contributed by atoms with Crippen molar-refractivity contribution < 1.29 is 9.59 Å². The van der Waals surface area contributed by atoms with E-state index >= 15 is 0 Å². The van der Waals surface area contributed by atoms with Crippen molar-refractivity contribution in [2.75, 3.05) is 12.3 Å². The minimum absolute atomic E-state index is 0.0247. The molecule has 1 N–H and O–H groups in total. The van der Waals surface area contributed by atoms with Crippen molar-refractivity contribution >= 4 is 35.2 Å². The van der Waals surface area contributed by atoms with Crippen LogP contribution in [0.4, 0.5) is 0 Å². The Hall–Kier alpha value is -1.98. The monoisotopic (exact) mass is 460 g/mol. The first-order valence-corrected chi connectivity index (χ1v) is 12.3. The highest BCUT2D eigenvalue weighted by atomic mass is 35.5. The van der Waals surface area contributed by atoms with Crippen LogP contribution in [0.5, 0.6) is 0 Å². The maximum absolute atomic E-state index is 13.2. The first kappa shape index (κ1) is 25.3. The summed E-state index contributed by atoms with van der Waals surface area (Å²) in [6.45, 7) is 7.09. The minimum Gasteiger partial charge on any atom is -0.354 e. The van der Waals surface area contributed by atoms with E-state index in [0.29, 0.717) is 25.9 Å². The van der Waals surface area contributed by atoms with Crippen LogP contribution in [0.2, 0.25) is 5.02 Å². The van der Waals surface area contributed by atoms with Gasteiger partial charge in [-0.1, -0.05) is 55.3 Å². The summed E-state index contributed by atoms with van der Waals surface area (Å²) >= 11 is 7.65. The molecular weight excluding hydrogens is 428 g/mol. The summed E-state index contributed by atoms with van der Waals surface area (Å²) in [7, 11) is 0. The van der Waals surface area contributed by atoms with Gasteiger partial charge >= 0.3 is 0 Å². The zero-order chi connectivity index (χ0) is 22.6. The first-order chi connectivity index (χ1) is 14.9. The Bertz CT molecular complexity index is 842. The van der Waals surface area contributed by atoms with E-state index < -0.39 is 6.04 Å². The van der Waals surface area contributed by atoms with E-state index in [9.17, 15) is 9.59 Å². The second-order valence-corrected chi connectivity index (χ2v) is 9.24. The maximum Gasteiger partial charge on any atom is 0.242 e. The van der Waals surface area contributed by atoms with Gasteiger partial charge in [-0.3, -0.25) is 9.59 Å². The Morgan fingerprint density at radius 1 is 1.13 bits per heavy atom. The van der Waals surface area contributed by atoms with Crippen molar-refractivity contribution in [2.45, 2.75) is 63.9 Å². The molecule has 1 unspecified atom stereocenters. The molecule has 6 heteroatoms. The summed E-state index contributed by atoms with van der Waals surface area (Å²) in [5, 5.41) is 3.68. The van der Waals surface area contributed by atoms with Gasteiger partial charge in [0.05, 0.1) is 0 Å². The number of halogens is 1. The van der Waals surface area contributed by atoms with Crippen LogP contribution in [0, 0.1) is 6.92 Å². The lowest BCUT2D eigenvalue weighted by molar-refractivity contribution is -0.141. The molecule has 2 aromatic rings. The van der Waals surface area contributed by atoms with Crippen molar-refractivity contribution in [3.05, 3.63) is 64.7 Å². The SMILES string of the molecule is CCCNC(=O)C(CC)N(Cc1cccc(C)c1)C(=O)CCCSc1ccc(Cl)cc1. The Morgan fingerprint density at radius 3 is 2.52 bits per heavy atom. The molecule has 1 atom stereocenters. The topological polar surface area (TPSA) is 49.4 Å². The first-order valence-electron chi connectivity index (χ1n) is 11.0. The second kappa shape index (κ2) is 13.4. The summed E-state index contributed by atoms with van der Waals surface area (Å²) in [5.74, 6) is 0.794. The van der Waals surface area contributed by atoms with E-state index in [1.165, 1.54) is 0 Å². The molecule has 0 aliphatic rings. The van der Waals surface area contributed by atoms with Crippen molar-refractivity contribution in [3.8, 4) is 0 Å². The van der Waals surface area contributed by atoms with Gasteiger partial charge in [-0.15, -0.1) is 11.8 Å². The van der Waals surface area contributed by atoms with Crippen molar-refractivity contribution in [3.63, 3.8) is 0 Å². The zero-order valence-electron chi connectivity index (χ0n) is 18.7. The standard InChI is InChI=1S/C25H33ClN2O2S/c1-4-15-27-25(30)23(5-2)28(18-20-9-6-8-19(3)17-20)24(29)10-7-16-31-22-13-11-21(26)12-14-22/h6,8-9,11-14,17,23H,4-5,7,10,15-16,18H2,1-3H3,(H,27,30). The van der Waals surface area contributed by atoms with Gasteiger partial charge < -0.3 is 10.2 Å². The van der Waals surface area contributed by atoms with Gasteiger partial charge in [0, 0.05) is 29.4 Å². The summed E-state index contributed by atoms with van der Waals surface area (Å²) in [5.41, 5.74) is 2.19. The predicted molar refractivity (Wildman–Crippen MR) is 131 cm³/mol. The lowest BCUT2D eigenvalue weighted by atomic mass is 10.1. The largest absolute Gasteiger partial charge is 0.354 e. The van der Waals surface area contributed by atoms with E-state index in [-0.39, 0.29) is 11.8 Å². The number of carbonyl (C=O) groups is 2. The number of aryl methyl sites for hydroxylation is 1. The highest BCUT2D eigenvalue weighted by Crippen LogP contribution is 2.22. The number of thioether (sulfide) groups is 1. The minimum atomic E-state index is -0.455. The Morgan fingerprint density at radius 2 is 1.87 bits per heavy atom. The predicted octanol–water partition coefficient (Wildman–Crippen LogP) is 5.85. The molecular formula is C25H33ClN2O2S. The molecule has 0 saturated carbocycles. The molecule has 0 heterocycles. The fraction of sp³-hybridized carbons (Fsp3) is 0.440. The van der Waals surface area contributed by atoms with Gasteiger partial charge in [-0.05, 0) is 61.8 Å². The van der Waals surface area contributed by atoms with Gasteiger partial charge in [-0.2, -0.15) is 0 Å². The molecule has 0 aliphatic heterocycles. The molecule has 0 aliphatic carbocycles. The highest BCUT2D eigenvalue weighted by molar-refractivity contribution is 7.99. The van der Waals surface area contributed by atoms with E-state index in [2.05, 4.69) is 11.4 Å². The Balaban J connectivity index is 2.03. The average molecular weight is 461 g/mol. The molecule has 2 amide bonds. The zero-order valence-corrected chi connectivity index (χ0v) is 20.3. The Kier molecular flexibility index (Phi) is 11.0. The summed E-state index contributed by atoms with van der Waals surface area (Å²) in [6.07, 6.45) is 2.63. The summed E-state index contributed by atoms with van der Waals surface area (Å²) in [6, 6.07) is 15.4. The van der Waals surface area contributed by atoms with Gasteiger partial charge in [0.15, 0.2) is 0 Å². The van der Waals surface area contributed by atoms with E-state index in [1.807, 2.05) is 63.2 Å². The van der Waals surface area contributed by atoms with Crippen molar-refractivity contribution in [1.29, 1.82) is 0 Å². The molecule has 0 radical (unpaired) electrons. The van der Waals surface area contributed by atoms with Gasteiger partial charge in [-0.25, -0.2) is 0 Å². The normalized spacial score (nSPS) is 11.7. The molecule has 0 fully saturated rings. The number of carbonyl (C=O) groups excluding carboxylic acids is 2. The number of amides is 2. The number of nitrogens with zero attached hydrogens (tertiary/aromatic N) is 1. The van der Waals surface area contributed by atoms with Crippen molar-refractivity contribution in [1.82, 2.24) is 10.2 Å². The number of rotatable bonds is 12. The van der Waals surface area contributed by atoms with E-state index in [4.69, 9.17) is 11.6 Å². The van der Waals surface area contributed by atoms with Gasteiger partial charge in [0.2, 0.25) is 11.8 Å². The number of nitrogens with one attached hydrogen (secondary N) is 1. The van der Waals surface area contributed by atoms with Crippen LogP contribution in [0.3, 0.4) is 0 Å². The number of hydrogen-bond acceptors (Lipinski definition) is 3. The third-order valence-corrected chi connectivity index (χ3v) is 6.34. The molecule has 0 saturated heterocycles. The van der Waals surface area contributed by atoms with Crippen LogP contribution < -0.4 is 5.32 Å². The quantitative estimate of drug-likeness (QED) is 0.319. The molecule has 31 heavy (non-hydrogen) atoms. The number of hydrogen-bond donors (Lipinski definition) is 1. The molecule has 2 rings (SSSR count). The molecule has 4 nitrogen and oxygen atoms in total. The second-order valence-electron chi connectivity index (χ2n) is 7.63. The highest BCUT2D eigenvalue weighted by Gasteiger charge is 2.28. The smallest absolute Gasteiger partial charge is 0.242 e. The van der Waals surface area contributed by atoms with Crippen LogP contribution in [0.25, 0.3) is 0 Å². The summed E-state index contributed by atoms with van der Waals surface area (Å²) < 4.78 is 0. The van der Waals surface area contributed by atoms with Gasteiger partial charge in [0.25, 0.3) is 0 Å². The van der Waals surface area contributed by atoms with Gasteiger partial charge in [0.1, 0.15) is 6.04 Å². The Labute approximate surface area is 195 Å². The lowest BCUT2D eigenvalue weighted by Crippen LogP contribution is -2.49. The number of benzene rings is 2. The summed E-state index contributed by atoms with van der Waals surface area (Å²) in [4.78, 5) is 28.8. The van der Waals surface area contributed by atoms with E-state index in [0.717, 1.165) is 39.6 Å². The molecule has 0 spiro atoms. The van der Waals surface area contributed by atoms with Crippen LogP contribution in [-0.4, -0.2) is 35.1 Å². The van der Waals surface area contributed by atoms with Crippen LogP contribution in [0.1, 0.15) is 50.7 Å². The molecule has 0 aromatic heterocycles. The molecule has 168 valence electrons. The fourth-order valence-corrected chi connectivity index (χ4v) is 4.36. The van der Waals surface area contributed by atoms with Crippen molar-refractivity contribution in [2.24, 2.45) is 0 Å². The molecule has 0 bridgehead atoms.